The Balaban J connectivity index is 2.14. The van der Waals surface area contributed by atoms with Crippen LogP contribution >= 0.6 is 0 Å². The predicted molar refractivity (Wildman–Crippen MR) is 65.4 cm³/mol. The fourth-order valence-electron chi connectivity index (χ4n) is 2.20. The summed E-state index contributed by atoms with van der Waals surface area (Å²) < 4.78 is 25.8. The largest absolute Gasteiger partial charge is 0.396 e. The van der Waals surface area contributed by atoms with Gasteiger partial charge >= 0.3 is 0 Å². The van der Waals surface area contributed by atoms with Crippen molar-refractivity contribution in [3.05, 3.63) is 0 Å². The predicted octanol–water partition coefficient (Wildman–Crippen LogP) is 2.34. The molecule has 0 saturated heterocycles. The van der Waals surface area contributed by atoms with E-state index in [0.29, 0.717) is 6.54 Å². The summed E-state index contributed by atoms with van der Waals surface area (Å²) in [6.45, 7) is 2.67. The number of hydrogen-bond acceptors (Lipinski definition) is 2. The lowest BCUT2D eigenvalue weighted by Crippen LogP contribution is -2.36. The van der Waals surface area contributed by atoms with E-state index in [-0.39, 0.29) is 50.0 Å². The first kappa shape index (κ1) is 15.3. The fraction of sp³-hybridized carbons (Fsp3) is 0.923. The van der Waals surface area contributed by atoms with Crippen LogP contribution in [0.4, 0.5) is 8.78 Å². The highest BCUT2D eigenvalue weighted by Crippen LogP contribution is 2.36. The molecule has 1 rings (SSSR count). The summed E-state index contributed by atoms with van der Waals surface area (Å²) in [6.07, 6.45) is 1.90. The number of hydrogen-bond donors (Lipinski definition) is 2. The summed E-state index contributed by atoms with van der Waals surface area (Å²) in [4.78, 5) is 11.7. The third-order valence-corrected chi connectivity index (χ3v) is 3.57. The highest BCUT2D eigenvalue weighted by atomic mass is 19.3. The van der Waals surface area contributed by atoms with Gasteiger partial charge in [-0.25, -0.2) is 8.78 Å². The van der Waals surface area contributed by atoms with Gasteiger partial charge in [-0.15, -0.1) is 0 Å². The minimum absolute atomic E-state index is 0.0952. The zero-order valence-corrected chi connectivity index (χ0v) is 10.9. The molecule has 1 atom stereocenters. The maximum Gasteiger partial charge on any atom is 0.248 e. The second-order valence-electron chi connectivity index (χ2n) is 5.35. The summed E-state index contributed by atoms with van der Waals surface area (Å²) in [5, 5.41) is 11.6. The van der Waals surface area contributed by atoms with Crippen LogP contribution in [-0.4, -0.2) is 30.1 Å². The van der Waals surface area contributed by atoms with Gasteiger partial charge in [0.05, 0.1) is 0 Å². The van der Waals surface area contributed by atoms with Crippen molar-refractivity contribution >= 4 is 5.91 Å². The van der Waals surface area contributed by atoms with Crippen molar-refractivity contribution < 1.29 is 18.7 Å². The molecule has 1 amide bonds. The molecule has 1 saturated carbocycles. The molecule has 1 aliphatic rings. The van der Waals surface area contributed by atoms with Crippen LogP contribution in [0.1, 0.15) is 45.4 Å². The van der Waals surface area contributed by atoms with Crippen molar-refractivity contribution in [2.24, 2.45) is 11.8 Å². The fourth-order valence-corrected chi connectivity index (χ4v) is 2.20. The molecule has 2 N–H and O–H groups in total. The summed E-state index contributed by atoms with van der Waals surface area (Å²) >= 11 is 0. The van der Waals surface area contributed by atoms with E-state index < -0.39 is 5.92 Å². The van der Waals surface area contributed by atoms with E-state index in [9.17, 15) is 13.6 Å². The Bertz CT molecular complexity index is 262. The molecule has 1 fully saturated rings. The van der Waals surface area contributed by atoms with Gasteiger partial charge in [0.25, 0.3) is 0 Å². The lowest BCUT2D eigenvalue weighted by Gasteiger charge is -2.27. The van der Waals surface area contributed by atoms with Gasteiger partial charge in [-0.05, 0) is 31.6 Å². The standard InChI is InChI=1S/C13H23F2NO2/c1-10(9-17)3-2-8-16-12(18)11-4-6-13(14,15)7-5-11/h10-11,17H,2-9H2,1H3,(H,16,18). The lowest BCUT2D eigenvalue weighted by atomic mass is 9.86. The van der Waals surface area contributed by atoms with Crippen molar-refractivity contribution in [2.45, 2.75) is 51.4 Å². The summed E-state index contributed by atoms with van der Waals surface area (Å²) in [6, 6.07) is 0. The second-order valence-corrected chi connectivity index (χ2v) is 5.35. The van der Waals surface area contributed by atoms with E-state index in [2.05, 4.69) is 5.32 Å². The van der Waals surface area contributed by atoms with Crippen LogP contribution in [0, 0.1) is 11.8 Å². The number of aliphatic hydroxyl groups is 1. The van der Waals surface area contributed by atoms with Crippen LogP contribution in [-0.2, 0) is 4.79 Å². The maximum atomic E-state index is 12.9. The third kappa shape index (κ3) is 5.29. The summed E-state index contributed by atoms with van der Waals surface area (Å²) in [7, 11) is 0. The van der Waals surface area contributed by atoms with Crippen LogP contribution in [0.15, 0.2) is 0 Å². The number of alkyl halides is 2. The minimum Gasteiger partial charge on any atom is -0.396 e. The first-order chi connectivity index (χ1) is 8.44. The van der Waals surface area contributed by atoms with Crippen LogP contribution in [0.5, 0.6) is 0 Å². The minimum atomic E-state index is -2.58. The van der Waals surface area contributed by atoms with E-state index in [1.165, 1.54) is 0 Å². The number of halogens is 2. The van der Waals surface area contributed by atoms with Crippen molar-refractivity contribution in [3.63, 3.8) is 0 Å². The van der Waals surface area contributed by atoms with E-state index in [1.807, 2.05) is 6.92 Å². The molecule has 0 aromatic rings. The van der Waals surface area contributed by atoms with Gasteiger partial charge in [0.15, 0.2) is 0 Å². The van der Waals surface area contributed by atoms with Crippen molar-refractivity contribution in [3.8, 4) is 0 Å². The topological polar surface area (TPSA) is 49.3 Å². The lowest BCUT2D eigenvalue weighted by molar-refractivity contribution is -0.129. The number of rotatable bonds is 6. The van der Waals surface area contributed by atoms with E-state index >= 15 is 0 Å². The molecule has 0 aliphatic heterocycles. The van der Waals surface area contributed by atoms with Crippen molar-refractivity contribution in [1.29, 1.82) is 0 Å². The maximum absolute atomic E-state index is 12.9. The van der Waals surface area contributed by atoms with Gasteiger partial charge < -0.3 is 10.4 Å². The Kier molecular flexibility index (Phi) is 5.99. The Morgan fingerprint density at radius 1 is 1.44 bits per heavy atom. The first-order valence-corrected chi connectivity index (χ1v) is 6.71. The molecule has 0 spiro atoms. The average molecular weight is 263 g/mol. The zero-order chi connectivity index (χ0) is 13.6. The number of aliphatic hydroxyl groups excluding tert-OH is 1. The molecule has 0 bridgehead atoms. The van der Waals surface area contributed by atoms with Crippen molar-refractivity contribution in [2.75, 3.05) is 13.2 Å². The Morgan fingerprint density at radius 2 is 2.06 bits per heavy atom. The van der Waals surface area contributed by atoms with Gasteiger partial charge in [0.2, 0.25) is 11.8 Å². The molecule has 0 radical (unpaired) electrons. The number of amides is 1. The number of carbonyl (C=O) groups excluding carboxylic acids is 1. The molecule has 18 heavy (non-hydrogen) atoms. The highest BCUT2D eigenvalue weighted by Gasteiger charge is 2.37. The summed E-state index contributed by atoms with van der Waals surface area (Å²) in [5.41, 5.74) is 0. The molecule has 5 heteroatoms. The van der Waals surface area contributed by atoms with Crippen molar-refractivity contribution in [1.82, 2.24) is 5.32 Å². The normalized spacial score (nSPS) is 21.6. The monoisotopic (exact) mass is 263 g/mol. The second kappa shape index (κ2) is 7.02. The van der Waals surface area contributed by atoms with Gasteiger partial charge in [0.1, 0.15) is 0 Å². The van der Waals surface area contributed by atoms with Gasteiger partial charge in [-0.3, -0.25) is 4.79 Å². The van der Waals surface area contributed by atoms with Crippen LogP contribution in [0.2, 0.25) is 0 Å². The van der Waals surface area contributed by atoms with E-state index in [0.717, 1.165) is 12.8 Å². The van der Waals surface area contributed by atoms with Gasteiger partial charge in [-0.2, -0.15) is 0 Å². The number of carbonyl (C=O) groups is 1. The SMILES string of the molecule is CC(CO)CCCNC(=O)C1CCC(F)(F)CC1. The Labute approximate surface area is 107 Å². The molecule has 106 valence electrons. The van der Waals surface area contributed by atoms with E-state index in [1.54, 1.807) is 0 Å². The molecular weight excluding hydrogens is 240 g/mol. The molecule has 0 heterocycles. The molecule has 1 unspecified atom stereocenters. The number of nitrogens with one attached hydrogen (secondary N) is 1. The first-order valence-electron chi connectivity index (χ1n) is 6.71. The Morgan fingerprint density at radius 3 is 2.61 bits per heavy atom. The molecule has 3 nitrogen and oxygen atoms in total. The highest BCUT2D eigenvalue weighted by molar-refractivity contribution is 5.78. The van der Waals surface area contributed by atoms with E-state index in [4.69, 9.17) is 5.11 Å². The average Bonchev–Trinajstić information content (AvgIpc) is 2.33. The van der Waals surface area contributed by atoms with Crippen LogP contribution in [0.3, 0.4) is 0 Å². The molecule has 1 aliphatic carbocycles. The quantitative estimate of drug-likeness (QED) is 0.723. The smallest absolute Gasteiger partial charge is 0.248 e. The molecule has 0 aromatic heterocycles. The summed E-state index contributed by atoms with van der Waals surface area (Å²) in [5.74, 6) is -2.68. The molecule has 0 aromatic carbocycles. The molecular formula is C13H23F2NO2. The third-order valence-electron chi connectivity index (χ3n) is 3.57. The zero-order valence-electron chi connectivity index (χ0n) is 10.9. The van der Waals surface area contributed by atoms with Crippen LogP contribution in [0.25, 0.3) is 0 Å². The van der Waals surface area contributed by atoms with Gasteiger partial charge in [0, 0.05) is 31.9 Å². The Hall–Kier alpha value is -0.710. The van der Waals surface area contributed by atoms with Gasteiger partial charge in [-0.1, -0.05) is 6.92 Å². The van der Waals surface area contributed by atoms with Crippen LogP contribution < -0.4 is 5.32 Å².